The molecule has 2 fully saturated rings. The predicted molar refractivity (Wildman–Crippen MR) is 62.2 cm³/mol. The van der Waals surface area contributed by atoms with E-state index in [1.807, 2.05) is 0 Å². The molecule has 0 heteroatoms. The second-order valence-corrected chi connectivity index (χ2v) is 6.54. The molecule has 2 rings (SSSR count). The van der Waals surface area contributed by atoms with Gasteiger partial charge in [-0.15, -0.1) is 0 Å². The van der Waals surface area contributed by atoms with E-state index in [9.17, 15) is 0 Å². The van der Waals surface area contributed by atoms with E-state index in [1.54, 1.807) is 19.3 Å². The summed E-state index contributed by atoms with van der Waals surface area (Å²) < 4.78 is 0. The first-order valence-electron chi connectivity index (χ1n) is 6.60. The Hall–Kier alpha value is 0. The van der Waals surface area contributed by atoms with Gasteiger partial charge in [-0.05, 0) is 42.4 Å². The van der Waals surface area contributed by atoms with Crippen LogP contribution in [0.2, 0.25) is 0 Å². The summed E-state index contributed by atoms with van der Waals surface area (Å²) in [5.41, 5.74) is 0.822. The van der Waals surface area contributed by atoms with E-state index < -0.39 is 0 Å². The van der Waals surface area contributed by atoms with Crippen molar-refractivity contribution in [1.29, 1.82) is 0 Å². The molecule has 2 aliphatic rings. The molecule has 3 atom stereocenters. The van der Waals surface area contributed by atoms with Crippen LogP contribution in [0.15, 0.2) is 0 Å². The van der Waals surface area contributed by atoms with Crippen LogP contribution in [0.4, 0.5) is 0 Å². The van der Waals surface area contributed by atoms with Crippen LogP contribution in [0.25, 0.3) is 0 Å². The lowest BCUT2D eigenvalue weighted by Gasteiger charge is -2.13. The van der Waals surface area contributed by atoms with Gasteiger partial charge in [0.15, 0.2) is 0 Å². The van der Waals surface area contributed by atoms with E-state index in [4.69, 9.17) is 0 Å². The molecule has 0 N–H and O–H groups in total. The van der Waals surface area contributed by atoms with Crippen molar-refractivity contribution >= 4 is 0 Å². The predicted octanol–water partition coefficient (Wildman–Crippen LogP) is 4.64. The fourth-order valence-corrected chi connectivity index (χ4v) is 3.47. The lowest BCUT2D eigenvalue weighted by Crippen LogP contribution is -2.00. The summed E-state index contributed by atoms with van der Waals surface area (Å²) in [5.74, 6) is 3.15. The Morgan fingerprint density at radius 2 is 2.00 bits per heavy atom. The number of hydrogen-bond donors (Lipinski definition) is 0. The van der Waals surface area contributed by atoms with Crippen LogP contribution < -0.4 is 0 Å². The van der Waals surface area contributed by atoms with Crippen LogP contribution >= 0.6 is 0 Å². The number of unbranched alkanes of at least 4 members (excludes halogenated alkanes) is 1. The second kappa shape index (κ2) is 3.87. The molecule has 82 valence electrons. The van der Waals surface area contributed by atoms with E-state index in [1.165, 1.54) is 25.7 Å². The van der Waals surface area contributed by atoms with Crippen molar-refractivity contribution in [2.75, 3.05) is 0 Å². The summed E-state index contributed by atoms with van der Waals surface area (Å²) in [6, 6.07) is 0. The highest BCUT2D eigenvalue weighted by atomic mass is 14.6. The van der Waals surface area contributed by atoms with Crippen LogP contribution in [0.1, 0.15) is 65.7 Å². The summed E-state index contributed by atoms with van der Waals surface area (Å²) in [7, 11) is 0. The molecule has 0 aromatic rings. The first-order valence-corrected chi connectivity index (χ1v) is 6.60. The summed E-state index contributed by atoms with van der Waals surface area (Å²) in [4.78, 5) is 0. The maximum atomic E-state index is 2.51. The molecule has 0 spiro atoms. The van der Waals surface area contributed by atoms with Gasteiger partial charge in [-0.2, -0.15) is 0 Å². The van der Waals surface area contributed by atoms with Crippen molar-refractivity contribution in [3.8, 4) is 0 Å². The zero-order valence-corrected chi connectivity index (χ0v) is 10.2. The third-order valence-corrected chi connectivity index (χ3v) is 4.55. The summed E-state index contributed by atoms with van der Waals surface area (Å²) in [6.45, 7) is 7.18. The van der Waals surface area contributed by atoms with Crippen LogP contribution in [-0.2, 0) is 0 Å². The van der Waals surface area contributed by atoms with E-state index in [2.05, 4.69) is 20.8 Å². The normalized spacial score (nSPS) is 40.3. The lowest BCUT2D eigenvalue weighted by atomic mass is 9.93. The molecule has 0 heterocycles. The summed E-state index contributed by atoms with van der Waals surface area (Å²) in [5, 5.41) is 0. The molecule has 0 radical (unpaired) electrons. The molecular formula is C14H26. The molecule has 0 aromatic heterocycles. The van der Waals surface area contributed by atoms with Gasteiger partial charge in [-0.3, -0.25) is 0 Å². The van der Waals surface area contributed by atoms with Crippen molar-refractivity contribution in [1.82, 2.24) is 0 Å². The fraction of sp³-hybridized carbons (Fsp3) is 1.00. The van der Waals surface area contributed by atoms with Gasteiger partial charge >= 0.3 is 0 Å². The topological polar surface area (TPSA) is 0 Å². The largest absolute Gasteiger partial charge is 0.0628 e. The number of fused-ring (bicyclic) bond motifs is 1. The molecule has 0 bridgehead atoms. The summed E-state index contributed by atoms with van der Waals surface area (Å²) >= 11 is 0. The Bertz CT molecular complexity index is 194. The molecule has 0 aromatic carbocycles. The van der Waals surface area contributed by atoms with E-state index in [0.717, 1.165) is 23.2 Å². The molecule has 0 nitrogen and oxygen atoms in total. The third kappa shape index (κ3) is 2.32. The third-order valence-electron chi connectivity index (χ3n) is 4.55. The Balaban J connectivity index is 1.55. The monoisotopic (exact) mass is 194 g/mol. The highest BCUT2D eigenvalue weighted by Crippen LogP contribution is 2.65. The number of hydrogen-bond acceptors (Lipinski definition) is 0. The second-order valence-electron chi connectivity index (χ2n) is 6.54. The van der Waals surface area contributed by atoms with Gasteiger partial charge in [0.05, 0.1) is 0 Å². The zero-order chi connectivity index (χ0) is 10.2. The highest BCUT2D eigenvalue weighted by molar-refractivity contribution is 5.05. The van der Waals surface area contributed by atoms with Gasteiger partial charge in [0.2, 0.25) is 0 Å². The molecule has 0 aliphatic heterocycles. The van der Waals surface area contributed by atoms with Crippen molar-refractivity contribution in [3.05, 3.63) is 0 Å². The van der Waals surface area contributed by atoms with Gasteiger partial charge in [-0.25, -0.2) is 0 Å². The standard InChI is InChI=1S/C14H26/c1-11(2)6-4-5-7-12-8-13-10-14(13,3)9-12/h11-13H,4-10H2,1-3H3. The average Bonchev–Trinajstić information content (AvgIpc) is 2.60. The van der Waals surface area contributed by atoms with Crippen molar-refractivity contribution in [3.63, 3.8) is 0 Å². The lowest BCUT2D eigenvalue weighted by molar-refractivity contribution is 0.390. The highest BCUT2D eigenvalue weighted by Gasteiger charge is 2.55. The minimum Gasteiger partial charge on any atom is -0.0628 e. The molecule has 3 unspecified atom stereocenters. The molecule has 0 saturated heterocycles. The average molecular weight is 194 g/mol. The molecule has 0 amide bonds. The molecular weight excluding hydrogens is 168 g/mol. The van der Waals surface area contributed by atoms with Crippen LogP contribution in [0, 0.1) is 23.2 Å². The Morgan fingerprint density at radius 3 is 2.57 bits per heavy atom. The van der Waals surface area contributed by atoms with E-state index in [0.29, 0.717) is 0 Å². The van der Waals surface area contributed by atoms with Gasteiger partial charge in [0, 0.05) is 0 Å². The first kappa shape index (κ1) is 10.5. The van der Waals surface area contributed by atoms with Crippen LogP contribution in [0.5, 0.6) is 0 Å². The smallest absolute Gasteiger partial charge is 0.0292 e. The van der Waals surface area contributed by atoms with Gasteiger partial charge in [0.1, 0.15) is 0 Å². The first-order chi connectivity index (χ1) is 6.60. The minimum atomic E-state index is 0.822. The van der Waals surface area contributed by atoms with Crippen LogP contribution in [0.3, 0.4) is 0 Å². The Kier molecular flexibility index (Phi) is 2.91. The van der Waals surface area contributed by atoms with Crippen LogP contribution in [-0.4, -0.2) is 0 Å². The van der Waals surface area contributed by atoms with Crippen molar-refractivity contribution < 1.29 is 0 Å². The fourth-order valence-electron chi connectivity index (χ4n) is 3.47. The Morgan fingerprint density at radius 1 is 1.21 bits per heavy atom. The maximum absolute atomic E-state index is 2.51. The quantitative estimate of drug-likeness (QED) is 0.559. The van der Waals surface area contributed by atoms with Crippen molar-refractivity contribution in [2.45, 2.75) is 65.7 Å². The number of rotatable bonds is 5. The Labute approximate surface area is 89.5 Å². The van der Waals surface area contributed by atoms with Gasteiger partial charge < -0.3 is 0 Å². The SMILES string of the molecule is CC(C)CCCCC1CC2CC2(C)C1. The summed E-state index contributed by atoms with van der Waals surface area (Å²) in [6.07, 6.45) is 10.6. The van der Waals surface area contributed by atoms with Gasteiger partial charge in [0.25, 0.3) is 0 Å². The molecule has 2 saturated carbocycles. The van der Waals surface area contributed by atoms with E-state index in [-0.39, 0.29) is 0 Å². The zero-order valence-electron chi connectivity index (χ0n) is 10.2. The van der Waals surface area contributed by atoms with Crippen molar-refractivity contribution in [2.24, 2.45) is 23.2 Å². The maximum Gasteiger partial charge on any atom is -0.0292 e. The van der Waals surface area contributed by atoms with E-state index >= 15 is 0 Å². The van der Waals surface area contributed by atoms with Gasteiger partial charge in [-0.1, -0.05) is 46.5 Å². The minimum absolute atomic E-state index is 0.822. The molecule has 14 heavy (non-hydrogen) atoms. The molecule has 2 aliphatic carbocycles.